The van der Waals surface area contributed by atoms with Gasteiger partial charge < -0.3 is 14.5 Å². The lowest BCUT2D eigenvalue weighted by molar-refractivity contribution is -0.142. The first-order valence-electron chi connectivity index (χ1n) is 9.46. The van der Waals surface area contributed by atoms with Crippen LogP contribution < -0.4 is 9.64 Å². The van der Waals surface area contributed by atoms with Crippen LogP contribution in [0.1, 0.15) is 32.3 Å². The van der Waals surface area contributed by atoms with E-state index < -0.39 is 6.04 Å². The summed E-state index contributed by atoms with van der Waals surface area (Å²) in [7, 11) is 0. The van der Waals surface area contributed by atoms with E-state index in [1.165, 1.54) is 5.56 Å². The average Bonchev–Trinajstić information content (AvgIpc) is 2.69. The molecule has 0 aromatic heterocycles. The summed E-state index contributed by atoms with van der Waals surface area (Å²) in [5.41, 5.74) is 2.10. The van der Waals surface area contributed by atoms with Gasteiger partial charge in [0.1, 0.15) is 11.8 Å². The van der Waals surface area contributed by atoms with Gasteiger partial charge in [-0.15, -0.1) is 0 Å². The van der Waals surface area contributed by atoms with Gasteiger partial charge in [0, 0.05) is 23.8 Å². The highest BCUT2D eigenvalue weighted by atomic mass is 35.5. The first-order valence-corrected chi connectivity index (χ1v) is 9.84. The fraction of sp³-hybridized carbons (Fsp3) is 0.364. The number of nitrogens with zero attached hydrogens (tertiary/aromatic N) is 2. The number of carbonyl (C=O) groups is 2. The molecule has 2 aromatic rings. The van der Waals surface area contributed by atoms with Crippen LogP contribution in [0.25, 0.3) is 0 Å². The minimum atomic E-state index is -0.528. The minimum absolute atomic E-state index is 0.0802. The highest BCUT2D eigenvalue weighted by Crippen LogP contribution is 2.24. The van der Waals surface area contributed by atoms with E-state index in [9.17, 15) is 9.59 Å². The average molecular weight is 401 g/mol. The number of ether oxygens (including phenoxy) is 1. The van der Waals surface area contributed by atoms with Crippen molar-refractivity contribution in [3.63, 3.8) is 0 Å². The highest BCUT2D eigenvalue weighted by Gasteiger charge is 2.35. The summed E-state index contributed by atoms with van der Waals surface area (Å²) < 4.78 is 5.53. The summed E-state index contributed by atoms with van der Waals surface area (Å²) in [6, 6.07) is 14.4. The van der Waals surface area contributed by atoms with Crippen molar-refractivity contribution in [2.45, 2.75) is 32.7 Å². The molecule has 1 aliphatic rings. The molecule has 2 aromatic carbocycles. The minimum Gasteiger partial charge on any atom is -0.484 e. The molecule has 1 heterocycles. The highest BCUT2D eigenvalue weighted by molar-refractivity contribution is 6.30. The van der Waals surface area contributed by atoms with Gasteiger partial charge in [0.05, 0.1) is 0 Å². The Morgan fingerprint density at radius 1 is 1.11 bits per heavy atom. The predicted molar refractivity (Wildman–Crippen MR) is 111 cm³/mol. The van der Waals surface area contributed by atoms with Crippen molar-refractivity contribution in [1.29, 1.82) is 0 Å². The van der Waals surface area contributed by atoms with E-state index in [-0.39, 0.29) is 18.4 Å². The molecule has 0 radical (unpaired) electrons. The van der Waals surface area contributed by atoms with Crippen LogP contribution >= 0.6 is 11.6 Å². The molecule has 148 valence electrons. The molecule has 0 saturated carbocycles. The second-order valence-corrected chi connectivity index (χ2v) is 7.68. The number of carbonyl (C=O) groups excluding carboxylic acids is 2. The van der Waals surface area contributed by atoms with Crippen molar-refractivity contribution in [3.8, 4) is 5.75 Å². The normalized spacial score (nSPS) is 17.2. The fourth-order valence-corrected chi connectivity index (χ4v) is 3.39. The topological polar surface area (TPSA) is 49.9 Å². The van der Waals surface area contributed by atoms with Crippen molar-refractivity contribution in [2.24, 2.45) is 0 Å². The van der Waals surface area contributed by atoms with Gasteiger partial charge in [-0.1, -0.05) is 37.6 Å². The summed E-state index contributed by atoms with van der Waals surface area (Å²) >= 11 is 5.85. The van der Waals surface area contributed by atoms with Crippen LogP contribution in [0.15, 0.2) is 48.5 Å². The van der Waals surface area contributed by atoms with Gasteiger partial charge in [0.2, 0.25) is 5.91 Å². The van der Waals surface area contributed by atoms with E-state index in [1.54, 1.807) is 41.0 Å². The van der Waals surface area contributed by atoms with E-state index in [4.69, 9.17) is 16.3 Å². The fourth-order valence-electron chi connectivity index (χ4n) is 3.27. The maximum absolute atomic E-state index is 12.8. The van der Waals surface area contributed by atoms with Crippen molar-refractivity contribution < 1.29 is 14.3 Å². The molecule has 0 N–H and O–H groups in total. The Balaban J connectivity index is 1.61. The molecule has 3 rings (SSSR count). The summed E-state index contributed by atoms with van der Waals surface area (Å²) in [4.78, 5) is 28.7. The molecular weight excluding hydrogens is 376 g/mol. The zero-order valence-electron chi connectivity index (χ0n) is 16.4. The first kappa shape index (κ1) is 20.2. The number of benzene rings is 2. The molecule has 5 nitrogen and oxygen atoms in total. The first-order chi connectivity index (χ1) is 13.4. The summed E-state index contributed by atoms with van der Waals surface area (Å²) in [6.07, 6.45) is 0. The van der Waals surface area contributed by atoms with E-state index in [0.29, 0.717) is 29.8 Å². The Kier molecular flexibility index (Phi) is 6.25. The maximum atomic E-state index is 12.8. The Hall–Kier alpha value is -2.53. The molecule has 0 bridgehead atoms. The third-order valence-electron chi connectivity index (χ3n) is 5.02. The van der Waals surface area contributed by atoms with Gasteiger partial charge in [-0.25, -0.2) is 0 Å². The molecule has 1 unspecified atom stereocenters. The smallest absolute Gasteiger partial charge is 0.261 e. The number of hydrogen-bond donors (Lipinski definition) is 0. The molecule has 1 saturated heterocycles. The van der Waals surface area contributed by atoms with Crippen LogP contribution in [-0.2, 0) is 9.59 Å². The second-order valence-electron chi connectivity index (χ2n) is 7.24. The predicted octanol–water partition coefficient (Wildman–Crippen LogP) is 4.11. The van der Waals surface area contributed by atoms with Gasteiger partial charge in [-0.2, -0.15) is 0 Å². The zero-order valence-corrected chi connectivity index (χ0v) is 17.1. The van der Waals surface area contributed by atoms with E-state index in [2.05, 4.69) is 26.0 Å². The van der Waals surface area contributed by atoms with Crippen LogP contribution in [0.4, 0.5) is 5.69 Å². The monoisotopic (exact) mass is 400 g/mol. The van der Waals surface area contributed by atoms with Crippen molar-refractivity contribution >= 4 is 29.1 Å². The van der Waals surface area contributed by atoms with E-state index in [0.717, 1.165) is 5.69 Å². The summed E-state index contributed by atoms with van der Waals surface area (Å²) in [5.74, 6) is 0.730. The molecule has 28 heavy (non-hydrogen) atoms. The molecule has 1 aliphatic heterocycles. The lowest BCUT2D eigenvalue weighted by Crippen LogP contribution is -2.58. The Morgan fingerprint density at radius 3 is 2.36 bits per heavy atom. The second kappa shape index (κ2) is 8.65. The molecule has 1 fully saturated rings. The van der Waals surface area contributed by atoms with Gasteiger partial charge in [0.15, 0.2) is 6.61 Å². The Labute approximate surface area is 170 Å². The van der Waals surface area contributed by atoms with Gasteiger partial charge in [-0.3, -0.25) is 9.59 Å². The maximum Gasteiger partial charge on any atom is 0.261 e. The standard InChI is InChI=1S/C22H25ClN2O3/c1-15(2)17-4-8-19(9-5-17)25-13-12-24(16(3)22(25)27)21(26)14-28-20-10-6-18(23)7-11-20/h4-11,15-16H,12-14H2,1-3H3. The van der Waals surface area contributed by atoms with Gasteiger partial charge >= 0.3 is 0 Å². The van der Waals surface area contributed by atoms with E-state index in [1.807, 2.05) is 12.1 Å². The van der Waals surface area contributed by atoms with Crippen LogP contribution in [0.5, 0.6) is 5.75 Å². The van der Waals surface area contributed by atoms with Crippen molar-refractivity contribution in [2.75, 3.05) is 24.6 Å². The molecule has 1 atom stereocenters. The van der Waals surface area contributed by atoms with Crippen LogP contribution in [0.3, 0.4) is 0 Å². The quantitative estimate of drug-likeness (QED) is 0.759. The SMILES string of the molecule is CC(C)c1ccc(N2CCN(C(=O)COc3ccc(Cl)cc3)C(C)C2=O)cc1. The van der Waals surface area contributed by atoms with Gasteiger partial charge in [-0.05, 0) is 54.8 Å². The van der Waals surface area contributed by atoms with Gasteiger partial charge in [0.25, 0.3) is 5.91 Å². The van der Waals surface area contributed by atoms with Crippen LogP contribution in [0.2, 0.25) is 5.02 Å². The number of rotatable bonds is 5. The molecule has 6 heteroatoms. The van der Waals surface area contributed by atoms with Crippen molar-refractivity contribution in [3.05, 3.63) is 59.1 Å². The third kappa shape index (κ3) is 4.47. The lowest BCUT2D eigenvalue weighted by Gasteiger charge is -2.39. The largest absolute Gasteiger partial charge is 0.484 e. The summed E-state index contributed by atoms with van der Waals surface area (Å²) in [6.45, 7) is 6.87. The van der Waals surface area contributed by atoms with E-state index >= 15 is 0 Å². The molecule has 2 amide bonds. The van der Waals surface area contributed by atoms with Crippen LogP contribution in [-0.4, -0.2) is 42.5 Å². The number of piperazine rings is 1. The lowest BCUT2D eigenvalue weighted by atomic mass is 10.0. The summed E-state index contributed by atoms with van der Waals surface area (Å²) in [5, 5.41) is 0.607. The number of hydrogen-bond acceptors (Lipinski definition) is 3. The Morgan fingerprint density at radius 2 is 1.75 bits per heavy atom. The Bertz CT molecular complexity index is 834. The molecule has 0 spiro atoms. The third-order valence-corrected chi connectivity index (χ3v) is 5.28. The zero-order chi connectivity index (χ0) is 20.3. The van der Waals surface area contributed by atoms with Crippen LogP contribution in [0, 0.1) is 0 Å². The molecule has 0 aliphatic carbocycles. The molecular formula is C22H25ClN2O3. The van der Waals surface area contributed by atoms with Crippen molar-refractivity contribution in [1.82, 2.24) is 4.90 Å². The number of amides is 2. The number of anilines is 1. The number of halogens is 1.